The molecule has 0 radical (unpaired) electrons. The van der Waals surface area contributed by atoms with E-state index >= 15 is 0 Å². The highest BCUT2D eigenvalue weighted by Gasteiger charge is 2.62. The summed E-state index contributed by atoms with van der Waals surface area (Å²) in [7, 11) is 0. The van der Waals surface area contributed by atoms with E-state index in [1.54, 1.807) is 32.1 Å². The number of phenolic OH excluding ortho intramolecular Hbond substituents is 1. The lowest BCUT2D eigenvalue weighted by molar-refractivity contribution is -0.127. The Labute approximate surface area is 179 Å². The summed E-state index contributed by atoms with van der Waals surface area (Å²) in [5.74, 6) is -2.12. The van der Waals surface area contributed by atoms with Crippen LogP contribution in [0.25, 0.3) is 0 Å². The van der Waals surface area contributed by atoms with Gasteiger partial charge in [0.25, 0.3) is 0 Å². The van der Waals surface area contributed by atoms with E-state index in [9.17, 15) is 19.1 Å². The molecule has 154 valence electrons. The van der Waals surface area contributed by atoms with E-state index in [1.165, 1.54) is 12.1 Å². The predicted molar refractivity (Wildman–Crippen MR) is 114 cm³/mol. The molecule has 1 N–H and O–H groups in total. The van der Waals surface area contributed by atoms with Crippen molar-refractivity contribution in [3.63, 3.8) is 0 Å². The van der Waals surface area contributed by atoms with Gasteiger partial charge in [0.1, 0.15) is 11.6 Å². The Hall–Kier alpha value is -2.92. The number of hydrogen-bond acceptors (Lipinski definition) is 3. The van der Waals surface area contributed by atoms with Gasteiger partial charge < -0.3 is 5.11 Å². The van der Waals surface area contributed by atoms with Crippen molar-refractivity contribution >= 4 is 29.1 Å². The highest BCUT2D eigenvalue weighted by Crippen LogP contribution is 2.57. The standard InChI is InChI=1S/C24H21ClFNO3/c1-4-14-5-8-17-22(29)27(16-7-9-19(26)18(25)12-16)23(30)24(17,3)21(14)15-6-10-20(28)13(2)11-15/h4-7,9-12,17,21,28H,1,8H2,2-3H3. The van der Waals surface area contributed by atoms with Gasteiger partial charge in [0.2, 0.25) is 11.8 Å². The number of carbonyl (C=O) groups excluding carboxylic acids is 2. The summed E-state index contributed by atoms with van der Waals surface area (Å²) in [4.78, 5) is 28.2. The molecule has 6 heteroatoms. The molecule has 4 nitrogen and oxygen atoms in total. The van der Waals surface area contributed by atoms with Gasteiger partial charge in [-0.1, -0.05) is 42.5 Å². The van der Waals surface area contributed by atoms with Crippen LogP contribution < -0.4 is 4.90 Å². The molecule has 30 heavy (non-hydrogen) atoms. The summed E-state index contributed by atoms with van der Waals surface area (Å²) < 4.78 is 13.6. The number of aromatic hydroxyl groups is 1. The number of benzene rings is 2. The quantitative estimate of drug-likeness (QED) is 0.680. The number of nitrogens with zero attached hydrogens (tertiary/aromatic N) is 1. The first-order valence-electron chi connectivity index (χ1n) is 9.65. The number of fused-ring (bicyclic) bond motifs is 1. The largest absolute Gasteiger partial charge is 0.508 e. The maximum absolute atomic E-state index is 13.7. The molecule has 2 aromatic carbocycles. The number of halogens is 2. The second-order valence-electron chi connectivity index (χ2n) is 8.04. The van der Waals surface area contributed by atoms with E-state index in [2.05, 4.69) is 6.58 Å². The molecule has 1 heterocycles. The van der Waals surface area contributed by atoms with Crippen LogP contribution in [0.15, 0.2) is 60.7 Å². The van der Waals surface area contributed by atoms with Crippen molar-refractivity contribution in [3.05, 3.63) is 82.7 Å². The van der Waals surface area contributed by atoms with Crippen LogP contribution in [0, 0.1) is 24.1 Å². The summed E-state index contributed by atoms with van der Waals surface area (Å²) in [6.07, 6.45) is 4.06. The van der Waals surface area contributed by atoms with Crippen molar-refractivity contribution in [2.45, 2.75) is 26.2 Å². The second-order valence-corrected chi connectivity index (χ2v) is 8.44. The molecular weight excluding hydrogens is 405 g/mol. The lowest BCUT2D eigenvalue weighted by Gasteiger charge is -2.40. The average Bonchev–Trinajstić information content (AvgIpc) is 2.91. The highest BCUT2D eigenvalue weighted by molar-refractivity contribution is 6.31. The van der Waals surface area contributed by atoms with Crippen LogP contribution in [0.1, 0.15) is 30.4 Å². The van der Waals surface area contributed by atoms with E-state index < -0.39 is 23.1 Å². The molecule has 2 amide bonds. The van der Waals surface area contributed by atoms with Crippen molar-refractivity contribution < 1.29 is 19.1 Å². The number of carbonyl (C=O) groups is 2. The Balaban J connectivity index is 1.87. The molecule has 2 aromatic rings. The monoisotopic (exact) mass is 425 g/mol. The Morgan fingerprint density at radius 1 is 1.27 bits per heavy atom. The summed E-state index contributed by atoms with van der Waals surface area (Å²) in [6.45, 7) is 7.48. The van der Waals surface area contributed by atoms with E-state index in [1.807, 2.05) is 12.1 Å². The Morgan fingerprint density at radius 2 is 2.00 bits per heavy atom. The van der Waals surface area contributed by atoms with Crippen LogP contribution in [-0.2, 0) is 9.59 Å². The lowest BCUT2D eigenvalue weighted by Crippen LogP contribution is -2.41. The minimum atomic E-state index is -1.06. The van der Waals surface area contributed by atoms with Gasteiger partial charge in [-0.05, 0) is 61.2 Å². The molecule has 0 saturated carbocycles. The molecule has 1 fully saturated rings. The highest BCUT2D eigenvalue weighted by atomic mass is 35.5. The number of phenols is 1. The predicted octanol–water partition coefficient (Wildman–Crippen LogP) is 5.29. The van der Waals surface area contributed by atoms with Gasteiger partial charge in [-0.25, -0.2) is 9.29 Å². The fraction of sp³-hybridized carbons (Fsp3) is 0.250. The SMILES string of the molecule is C=CC1=CCC2C(=O)N(c3ccc(F)c(Cl)c3)C(=O)C2(C)C1c1ccc(O)c(C)c1. The van der Waals surface area contributed by atoms with Gasteiger partial charge in [-0.15, -0.1) is 0 Å². The van der Waals surface area contributed by atoms with Gasteiger partial charge in [-0.2, -0.15) is 0 Å². The number of allylic oxidation sites excluding steroid dienone is 3. The summed E-state index contributed by atoms with van der Waals surface area (Å²) in [6, 6.07) is 9.04. The van der Waals surface area contributed by atoms with Crippen LogP contribution in [0.3, 0.4) is 0 Å². The van der Waals surface area contributed by atoms with E-state index in [4.69, 9.17) is 11.6 Å². The number of anilines is 1. The molecule has 0 spiro atoms. The number of amides is 2. The fourth-order valence-electron chi connectivity index (χ4n) is 4.76. The van der Waals surface area contributed by atoms with E-state index in [0.717, 1.165) is 22.1 Å². The smallest absolute Gasteiger partial charge is 0.241 e. The molecule has 1 aliphatic heterocycles. The molecule has 4 rings (SSSR count). The first kappa shape index (κ1) is 20.4. The van der Waals surface area contributed by atoms with Crippen LogP contribution in [0.4, 0.5) is 10.1 Å². The van der Waals surface area contributed by atoms with Crippen molar-refractivity contribution in [2.24, 2.45) is 11.3 Å². The summed E-state index contributed by atoms with van der Waals surface area (Å²) in [5, 5.41) is 9.79. The normalized spacial score (nSPS) is 25.9. The molecule has 1 saturated heterocycles. The van der Waals surface area contributed by atoms with Gasteiger partial charge in [0.15, 0.2) is 0 Å². The van der Waals surface area contributed by atoms with Crippen LogP contribution in [0.2, 0.25) is 5.02 Å². The minimum absolute atomic E-state index is 0.149. The van der Waals surface area contributed by atoms with Crippen LogP contribution in [-0.4, -0.2) is 16.9 Å². The first-order valence-corrected chi connectivity index (χ1v) is 10.0. The second kappa shape index (κ2) is 7.10. The fourth-order valence-corrected chi connectivity index (χ4v) is 4.93. The molecular formula is C24H21ClFNO3. The Kier molecular flexibility index (Phi) is 4.82. The molecule has 2 aliphatic rings. The zero-order chi connectivity index (χ0) is 21.8. The third kappa shape index (κ3) is 2.80. The maximum atomic E-state index is 13.7. The van der Waals surface area contributed by atoms with Crippen LogP contribution in [0.5, 0.6) is 5.75 Å². The summed E-state index contributed by atoms with van der Waals surface area (Å²) in [5.41, 5.74) is 1.57. The Bertz CT molecular complexity index is 1130. The maximum Gasteiger partial charge on any atom is 0.241 e. The Morgan fingerprint density at radius 3 is 2.63 bits per heavy atom. The van der Waals surface area contributed by atoms with Gasteiger partial charge in [0, 0.05) is 5.92 Å². The number of imide groups is 1. The van der Waals surface area contributed by atoms with E-state index in [0.29, 0.717) is 12.0 Å². The average molecular weight is 426 g/mol. The lowest BCUT2D eigenvalue weighted by atomic mass is 9.60. The first-order chi connectivity index (χ1) is 14.2. The third-order valence-corrected chi connectivity index (χ3v) is 6.67. The van der Waals surface area contributed by atoms with Crippen molar-refractivity contribution in [1.82, 2.24) is 0 Å². The number of rotatable bonds is 3. The van der Waals surface area contributed by atoms with Crippen molar-refractivity contribution in [3.8, 4) is 5.75 Å². The zero-order valence-electron chi connectivity index (χ0n) is 16.7. The van der Waals surface area contributed by atoms with Crippen LogP contribution >= 0.6 is 11.6 Å². The minimum Gasteiger partial charge on any atom is -0.508 e. The van der Waals surface area contributed by atoms with Crippen molar-refractivity contribution in [2.75, 3.05) is 4.90 Å². The molecule has 0 aromatic heterocycles. The third-order valence-electron chi connectivity index (χ3n) is 6.38. The molecule has 3 unspecified atom stereocenters. The number of hydrogen-bond donors (Lipinski definition) is 1. The summed E-state index contributed by atoms with van der Waals surface area (Å²) >= 11 is 5.91. The van der Waals surface area contributed by atoms with Crippen molar-refractivity contribution in [1.29, 1.82) is 0 Å². The number of aryl methyl sites for hydroxylation is 1. The zero-order valence-corrected chi connectivity index (χ0v) is 17.4. The molecule has 3 atom stereocenters. The topological polar surface area (TPSA) is 57.6 Å². The molecule has 0 bridgehead atoms. The van der Waals surface area contributed by atoms with E-state index in [-0.39, 0.29) is 28.3 Å². The van der Waals surface area contributed by atoms with Gasteiger partial charge >= 0.3 is 0 Å². The van der Waals surface area contributed by atoms with Gasteiger partial charge in [0.05, 0.1) is 22.0 Å². The van der Waals surface area contributed by atoms with Gasteiger partial charge in [-0.3, -0.25) is 9.59 Å². The molecule has 1 aliphatic carbocycles.